The van der Waals surface area contributed by atoms with Crippen molar-refractivity contribution < 1.29 is 4.79 Å². The molecule has 1 amide bonds. The van der Waals surface area contributed by atoms with Crippen LogP contribution in [0.15, 0.2) is 24.4 Å². The van der Waals surface area contributed by atoms with Crippen LogP contribution in [0, 0.1) is 0 Å². The smallest absolute Gasteiger partial charge is 0.239 e. The van der Waals surface area contributed by atoms with E-state index in [0.717, 1.165) is 17.1 Å². The third-order valence-electron chi connectivity index (χ3n) is 3.29. The van der Waals surface area contributed by atoms with Gasteiger partial charge in [-0.05, 0) is 32.2 Å². The van der Waals surface area contributed by atoms with Gasteiger partial charge in [-0.3, -0.25) is 14.8 Å². The minimum atomic E-state index is -0.122. The zero-order valence-electron chi connectivity index (χ0n) is 12.3. The van der Waals surface area contributed by atoms with Crippen molar-refractivity contribution in [3.63, 3.8) is 0 Å². The SMILES string of the molecule is C[C@@H](C(=O)N(C)C)N(C)Cc1ccc(-c2ccn[nH]2)s1. The first-order chi connectivity index (χ1) is 9.49. The number of likely N-dealkylation sites (N-methyl/N-ethyl adjacent to an activating group) is 2. The number of thiophene rings is 1. The maximum Gasteiger partial charge on any atom is 0.239 e. The first kappa shape index (κ1) is 14.7. The van der Waals surface area contributed by atoms with Crippen molar-refractivity contribution in [1.29, 1.82) is 0 Å². The zero-order chi connectivity index (χ0) is 14.7. The van der Waals surface area contributed by atoms with Gasteiger partial charge in [0.1, 0.15) is 0 Å². The van der Waals surface area contributed by atoms with E-state index in [1.165, 1.54) is 4.88 Å². The Bertz CT molecular complexity index is 562. The summed E-state index contributed by atoms with van der Waals surface area (Å²) in [6.45, 7) is 2.70. The van der Waals surface area contributed by atoms with Crippen molar-refractivity contribution in [2.45, 2.75) is 19.5 Å². The molecule has 0 spiro atoms. The Morgan fingerprint density at radius 3 is 2.70 bits per heavy atom. The van der Waals surface area contributed by atoms with Crippen molar-refractivity contribution in [1.82, 2.24) is 20.0 Å². The summed E-state index contributed by atoms with van der Waals surface area (Å²) in [5.41, 5.74) is 1.03. The number of H-pyrrole nitrogens is 1. The Morgan fingerprint density at radius 2 is 2.10 bits per heavy atom. The molecule has 0 saturated heterocycles. The highest BCUT2D eigenvalue weighted by Crippen LogP contribution is 2.27. The molecule has 2 heterocycles. The number of hydrogen-bond acceptors (Lipinski definition) is 4. The number of nitrogens with zero attached hydrogens (tertiary/aromatic N) is 3. The maximum absolute atomic E-state index is 11.9. The van der Waals surface area contributed by atoms with Gasteiger partial charge in [0.25, 0.3) is 0 Å². The molecule has 0 unspecified atom stereocenters. The van der Waals surface area contributed by atoms with E-state index in [1.54, 1.807) is 36.5 Å². The lowest BCUT2D eigenvalue weighted by atomic mass is 10.2. The van der Waals surface area contributed by atoms with E-state index in [9.17, 15) is 4.79 Å². The molecular formula is C14H20N4OS. The highest BCUT2D eigenvalue weighted by Gasteiger charge is 2.20. The molecule has 0 aliphatic heterocycles. The second-order valence-corrected chi connectivity index (χ2v) is 6.23. The average molecular weight is 292 g/mol. The quantitative estimate of drug-likeness (QED) is 0.917. The summed E-state index contributed by atoms with van der Waals surface area (Å²) in [6, 6.07) is 6.02. The van der Waals surface area contributed by atoms with Crippen LogP contribution in [0.5, 0.6) is 0 Å². The first-order valence-corrected chi connectivity index (χ1v) is 7.30. The lowest BCUT2D eigenvalue weighted by Crippen LogP contribution is -2.42. The Balaban J connectivity index is 2.02. The van der Waals surface area contributed by atoms with Crippen LogP contribution < -0.4 is 0 Å². The summed E-state index contributed by atoms with van der Waals surface area (Å²) in [5.74, 6) is 0.123. The van der Waals surface area contributed by atoms with Gasteiger partial charge in [-0.2, -0.15) is 5.10 Å². The molecule has 0 aliphatic rings. The Morgan fingerprint density at radius 1 is 1.35 bits per heavy atom. The number of amides is 1. The standard InChI is InChI=1S/C14H20N4OS/c1-10(14(19)17(2)3)18(4)9-11-5-6-13(20-11)12-7-8-15-16-12/h5-8,10H,9H2,1-4H3,(H,15,16)/t10-/m0/s1. The van der Waals surface area contributed by atoms with Crippen molar-refractivity contribution in [2.24, 2.45) is 0 Å². The van der Waals surface area contributed by atoms with Gasteiger partial charge in [0.15, 0.2) is 0 Å². The molecule has 1 atom stereocenters. The highest BCUT2D eigenvalue weighted by molar-refractivity contribution is 7.15. The number of rotatable bonds is 5. The molecule has 0 fully saturated rings. The van der Waals surface area contributed by atoms with Crippen molar-refractivity contribution in [2.75, 3.05) is 21.1 Å². The minimum absolute atomic E-state index is 0.122. The molecule has 108 valence electrons. The number of aromatic amines is 1. The van der Waals surface area contributed by atoms with Gasteiger partial charge in [-0.15, -0.1) is 11.3 Å². The summed E-state index contributed by atoms with van der Waals surface area (Å²) in [7, 11) is 5.55. The summed E-state index contributed by atoms with van der Waals surface area (Å²) in [5, 5.41) is 6.92. The number of carbonyl (C=O) groups is 1. The lowest BCUT2D eigenvalue weighted by molar-refractivity contribution is -0.133. The molecule has 5 nitrogen and oxygen atoms in total. The molecule has 2 aromatic heterocycles. The fraction of sp³-hybridized carbons (Fsp3) is 0.429. The van der Waals surface area contributed by atoms with Crippen LogP contribution in [0.3, 0.4) is 0 Å². The van der Waals surface area contributed by atoms with E-state index in [1.807, 2.05) is 20.0 Å². The lowest BCUT2D eigenvalue weighted by Gasteiger charge is -2.25. The van der Waals surface area contributed by atoms with Gasteiger partial charge >= 0.3 is 0 Å². The predicted molar refractivity (Wildman–Crippen MR) is 81.5 cm³/mol. The van der Waals surface area contributed by atoms with Crippen LogP contribution in [0.4, 0.5) is 0 Å². The van der Waals surface area contributed by atoms with Gasteiger partial charge in [0.2, 0.25) is 5.91 Å². The summed E-state index contributed by atoms with van der Waals surface area (Å²) in [6.07, 6.45) is 1.75. The molecule has 0 bridgehead atoms. The van der Waals surface area contributed by atoms with Gasteiger partial charge < -0.3 is 4.90 Å². The fourth-order valence-corrected chi connectivity index (χ4v) is 2.99. The number of hydrogen-bond donors (Lipinski definition) is 1. The van der Waals surface area contributed by atoms with E-state index < -0.39 is 0 Å². The zero-order valence-corrected chi connectivity index (χ0v) is 13.1. The molecule has 6 heteroatoms. The van der Waals surface area contributed by atoms with E-state index in [4.69, 9.17) is 0 Å². The Kier molecular flexibility index (Phi) is 4.57. The maximum atomic E-state index is 11.9. The van der Waals surface area contributed by atoms with Crippen LogP contribution in [-0.4, -0.2) is 53.1 Å². The van der Waals surface area contributed by atoms with Crippen LogP contribution in [0.25, 0.3) is 10.6 Å². The number of carbonyl (C=O) groups excluding carboxylic acids is 1. The molecule has 0 aromatic carbocycles. The van der Waals surface area contributed by atoms with Crippen LogP contribution >= 0.6 is 11.3 Å². The minimum Gasteiger partial charge on any atom is -0.347 e. The predicted octanol–water partition coefficient (Wildman–Crippen LogP) is 2.05. The highest BCUT2D eigenvalue weighted by atomic mass is 32.1. The fourth-order valence-electron chi connectivity index (χ4n) is 1.95. The van der Waals surface area contributed by atoms with Gasteiger partial charge in [0.05, 0.1) is 16.6 Å². The molecular weight excluding hydrogens is 272 g/mol. The first-order valence-electron chi connectivity index (χ1n) is 6.49. The van der Waals surface area contributed by atoms with E-state index in [-0.39, 0.29) is 11.9 Å². The summed E-state index contributed by atoms with van der Waals surface area (Å²) >= 11 is 1.72. The van der Waals surface area contributed by atoms with E-state index in [2.05, 4.69) is 27.2 Å². The van der Waals surface area contributed by atoms with Crippen LogP contribution in [-0.2, 0) is 11.3 Å². The van der Waals surface area contributed by atoms with Gasteiger partial charge in [0, 0.05) is 31.7 Å². The molecule has 0 radical (unpaired) electrons. The molecule has 20 heavy (non-hydrogen) atoms. The van der Waals surface area contributed by atoms with Crippen LogP contribution in [0.1, 0.15) is 11.8 Å². The van der Waals surface area contributed by atoms with Gasteiger partial charge in [-0.1, -0.05) is 0 Å². The monoisotopic (exact) mass is 292 g/mol. The second kappa shape index (κ2) is 6.19. The third-order valence-corrected chi connectivity index (χ3v) is 4.40. The molecule has 2 aromatic rings. The Hall–Kier alpha value is -1.66. The molecule has 0 saturated carbocycles. The van der Waals surface area contributed by atoms with Crippen molar-refractivity contribution >= 4 is 17.2 Å². The topological polar surface area (TPSA) is 52.2 Å². The number of aromatic nitrogens is 2. The third kappa shape index (κ3) is 3.26. The number of nitrogens with one attached hydrogen (secondary N) is 1. The summed E-state index contributed by atoms with van der Waals surface area (Å²) < 4.78 is 0. The van der Waals surface area contributed by atoms with Crippen LogP contribution in [0.2, 0.25) is 0 Å². The average Bonchev–Trinajstić information content (AvgIpc) is 3.06. The second-order valence-electron chi connectivity index (χ2n) is 5.06. The van der Waals surface area contributed by atoms with Crippen molar-refractivity contribution in [3.8, 4) is 10.6 Å². The normalized spacial score (nSPS) is 12.7. The largest absolute Gasteiger partial charge is 0.347 e. The Labute approximate surface area is 123 Å². The summed E-state index contributed by atoms with van der Waals surface area (Å²) in [4.78, 5) is 18.0. The molecule has 2 rings (SSSR count). The van der Waals surface area contributed by atoms with Crippen molar-refractivity contribution in [3.05, 3.63) is 29.3 Å². The molecule has 0 aliphatic carbocycles. The van der Waals surface area contributed by atoms with Gasteiger partial charge in [-0.25, -0.2) is 0 Å². The molecule has 1 N–H and O–H groups in total. The van der Waals surface area contributed by atoms with E-state index >= 15 is 0 Å². The van der Waals surface area contributed by atoms with E-state index in [0.29, 0.717) is 0 Å².